The highest BCUT2D eigenvalue weighted by Crippen LogP contribution is 2.61. The fraction of sp³-hybridized carbons (Fsp3) is 0.636. The van der Waals surface area contributed by atoms with Gasteiger partial charge in [-0.2, -0.15) is 0 Å². The second-order valence-electron chi connectivity index (χ2n) is 9.97. The smallest absolute Gasteiger partial charge is 0.251 e. The van der Waals surface area contributed by atoms with Crippen LogP contribution in [0.1, 0.15) is 62.7 Å². The maximum absolute atomic E-state index is 13.0. The van der Waals surface area contributed by atoms with Crippen LogP contribution in [0.15, 0.2) is 24.3 Å². The van der Waals surface area contributed by atoms with Gasteiger partial charge >= 0.3 is 0 Å². The van der Waals surface area contributed by atoms with Gasteiger partial charge in [0.1, 0.15) is 12.4 Å². The number of nitrogens with one attached hydrogen (secondary N) is 1. The van der Waals surface area contributed by atoms with Crippen LogP contribution in [0.4, 0.5) is 0 Å². The van der Waals surface area contributed by atoms with Crippen LogP contribution < -0.4 is 15.8 Å². The zero-order valence-electron chi connectivity index (χ0n) is 16.7. The lowest BCUT2D eigenvalue weighted by Gasteiger charge is -2.61. The third kappa shape index (κ3) is 3.62. The van der Waals surface area contributed by atoms with Crippen LogP contribution in [0.5, 0.6) is 5.75 Å². The molecule has 6 heteroatoms. The number of nitrogens with two attached hydrogens (primary N) is 1. The summed E-state index contributed by atoms with van der Waals surface area (Å²) in [6.07, 6.45) is 5.40. The fourth-order valence-electron chi connectivity index (χ4n) is 6.00. The normalized spacial score (nSPS) is 33.5. The number of rotatable bonds is 6. The molecule has 0 radical (unpaired) electrons. The van der Waals surface area contributed by atoms with Gasteiger partial charge in [0, 0.05) is 11.1 Å². The molecule has 5 rings (SSSR count). The van der Waals surface area contributed by atoms with Crippen molar-refractivity contribution >= 4 is 11.8 Å². The minimum atomic E-state index is -0.944. The number of carbonyl (C=O) groups excluding carboxylic acids is 2. The Morgan fingerprint density at radius 3 is 2.54 bits per heavy atom. The molecule has 152 valence electrons. The number of primary amides is 1. The molecule has 28 heavy (non-hydrogen) atoms. The highest BCUT2D eigenvalue weighted by atomic mass is 16.5. The minimum Gasteiger partial charge on any atom is -0.491 e. The lowest BCUT2D eigenvalue weighted by molar-refractivity contribution is -0.146. The molecule has 4 bridgehead atoms. The van der Waals surface area contributed by atoms with Crippen molar-refractivity contribution in [3.63, 3.8) is 0 Å². The second-order valence-corrected chi connectivity index (χ2v) is 9.97. The molecule has 2 atom stereocenters. The minimum absolute atomic E-state index is 0.143. The maximum Gasteiger partial charge on any atom is 0.251 e. The van der Waals surface area contributed by atoms with E-state index in [0.717, 1.165) is 32.1 Å². The van der Waals surface area contributed by atoms with Gasteiger partial charge in [0.2, 0.25) is 5.91 Å². The largest absolute Gasteiger partial charge is 0.491 e. The van der Waals surface area contributed by atoms with Gasteiger partial charge in [0.05, 0.1) is 11.0 Å². The summed E-state index contributed by atoms with van der Waals surface area (Å²) in [7, 11) is 0. The van der Waals surface area contributed by atoms with Gasteiger partial charge in [-0.05, 0) is 82.4 Å². The summed E-state index contributed by atoms with van der Waals surface area (Å²) in [6, 6.07) is 7.01. The molecule has 6 nitrogen and oxygen atoms in total. The Morgan fingerprint density at radius 1 is 1.25 bits per heavy atom. The summed E-state index contributed by atoms with van der Waals surface area (Å²) < 4.78 is 5.61. The van der Waals surface area contributed by atoms with Crippen molar-refractivity contribution in [2.75, 3.05) is 6.61 Å². The number of aliphatic hydroxyl groups is 1. The molecule has 4 N–H and O–H groups in total. The van der Waals surface area contributed by atoms with Crippen molar-refractivity contribution in [2.45, 2.75) is 63.5 Å². The molecular weight excluding hydrogens is 356 g/mol. The van der Waals surface area contributed by atoms with Crippen LogP contribution in [0.25, 0.3) is 0 Å². The Balaban J connectivity index is 1.50. The molecule has 2 amide bonds. The SMILES string of the molecule is CC(C)(O)COc1cccc(C(=O)NC23CC4CC(C2)CC(C(N)=O)(C4)C3)c1. The predicted octanol–water partition coefficient (Wildman–Crippen LogP) is 2.39. The standard InChI is InChI=1S/C22H30N2O4/c1-20(2,27)13-28-17-5-3-4-16(7-17)18(25)24-22-10-14-6-15(11-22)9-21(8-14,12-22)19(23)26/h3-5,7,14-15,27H,6,8-13H2,1-2H3,(H2,23,26)(H,24,25). The van der Waals surface area contributed by atoms with Crippen LogP contribution in [-0.2, 0) is 4.79 Å². The Labute approximate surface area is 165 Å². The number of amides is 2. The zero-order valence-corrected chi connectivity index (χ0v) is 16.7. The third-order valence-corrected chi connectivity index (χ3v) is 6.65. The zero-order chi connectivity index (χ0) is 20.2. The van der Waals surface area contributed by atoms with Gasteiger partial charge in [-0.15, -0.1) is 0 Å². The molecule has 0 aromatic heterocycles. The van der Waals surface area contributed by atoms with Gasteiger partial charge < -0.3 is 20.9 Å². The molecule has 0 spiro atoms. The van der Waals surface area contributed by atoms with Crippen molar-refractivity contribution in [1.29, 1.82) is 0 Å². The van der Waals surface area contributed by atoms with Crippen LogP contribution in [0.2, 0.25) is 0 Å². The highest BCUT2D eigenvalue weighted by molar-refractivity contribution is 5.95. The summed E-state index contributed by atoms with van der Waals surface area (Å²) in [5, 5.41) is 13.1. The van der Waals surface area contributed by atoms with Crippen molar-refractivity contribution in [3.05, 3.63) is 29.8 Å². The van der Waals surface area contributed by atoms with E-state index in [1.807, 2.05) is 0 Å². The van der Waals surface area contributed by atoms with Crippen LogP contribution in [0, 0.1) is 17.3 Å². The topological polar surface area (TPSA) is 102 Å². The molecule has 1 aromatic rings. The summed E-state index contributed by atoms with van der Waals surface area (Å²) >= 11 is 0. The van der Waals surface area contributed by atoms with Gasteiger partial charge in [0.15, 0.2) is 0 Å². The first-order valence-corrected chi connectivity index (χ1v) is 10.2. The van der Waals surface area contributed by atoms with Crippen LogP contribution in [-0.4, -0.2) is 34.7 Å². The van der Waals surface area contributed by atoms with E-state index in [-0.39, 0.29) is 24.0 Å². The lowest BCUT2D eigenvalue weighted by atomic mass is 9.46. The van der Waals surface area contributed by atoms with E-state index in [1.54, 1.807) is 38.1 Å². The number of ether oxygens (including phenoxy) is 1. The van der Waals surface area contributed by atoms with Crippen molar-refractivity contribution in [1.82, 2.24) is 5.32 Å². The fourth-order valence-corrected chi connectivity index (χ4v) is 6.00. The third-order valence-electron chi connectivity index (χ3n) is 6.65. The van der Waals surface area contributed by atoms with E-state index in [2.05, 4.69) is 5.32 Å². The van der Waals surface area contributed by atoms with E-state index in [9.17, 15) is 14.7 Å². The number of benzene rings is 1. The second kappa shape index (κ2) is 6.48. The number of hydrogen-bond donors (Lipinski definition) is 3. The van der Waals surface area contributed by atoms with E-state index < -0.39 is 11.0 Å². The van der Waals surface area contributed by atoms with E-state index in [4.69, 9.17) is 10.5 Å². The highest BCUT2D eigenvalue weighted by Gasteiger charge is 2.60. The first-order valence-electron chi connectivity index (χ1n) is 10.2. The molecule has 4 saturated carbocycles. The molecule has 0 aliphatic heterocycles. The molecule has 0 heterocycles. The van der Waals surface area contributed by atoms with Crippen molar-refractivity contribution in [2.24, 2.45) is 23.0 Å². The average Bonchev–Trinajstić information content (AvgIpc) is 2.58. The molecule has 4 aliphatic rings. The maximum atomic E-state index is 13.0. The average molecular weight is 386 g/mol. The van der Waals surface area contributed by atoms with Gasteiger partial charge in [-0.25, -0.2) is 0 Å². The Kier molecular flexibility index (Phi) is 4.45. The molecule has 1 aromatic carbocycles. The van der Waals surface area contributed by atoms with Gasteiger partial charge in [-0.3, -0.25) is 9.59 Å². The summed E-state index contributed by atoms with van der Waals surface area (Å²) in [5.41, 5.74) is 4.59. The van der Waals surface area contributed by atoms with Crippen molar-refractivity contribution < 1.29 is 19.4 Å². The molecule has 4 fully saturated rings. The Hall–Kier alpha value is -2.08. The first kappa shape index (κ1) is 19.2. The van der Waals surface area contributed by atoms with E-state index in [1.165, 1.54) is 0 Å². The van der Waals surface area contributed by atoms with Crippen LogP contribution in [0.3, 0.4) is 0 Å². The first-order chi connectivity index (χ1) is 13.1. The number of carbonyl (C=O) groups is 2. The Morgan fingerprint density at radius 2 is 1.93 bits per heavy atom. The van der Waals surface area contributed by atoms with Gasteiger partial charge in [0.25, 0.3) is 5.91 Å². The van der Waals surface area contributed by atoms with Gasteiger partial charge in [-0.1, -0.05) is 6.07 Å². The summed E-state index contributed by atoms with van der Waals surface area (Å²) in [6.45, 7) is 3.49. The monoisotopic (exact) mass is 386 g/mol. The molecule has 4 aliphatic carbocycles. The number of hydrogen-bond acceptors (Lipinski definition) is 4. The summed E-state index contributed by atoms with van der Waals surface area (Å²) in [4.78, 5) is 25.2. The molecule has 0 saturated heterocycles. The summed E-state index contributed by atoms with van der Waals surface area (Å²) in [5.74, 6) is 1.14. The quantitative estimate of drug-likeness (QED) is 0.699. The predicted molar refractivity (Wildman–Crippen MR) is 105 cm³/mol. The molecular formula is C22H30N2O4. The van der Waals surface area contributed by atoms with E-state index >= 15 is 0 Å². The van der Waals surface area contributed by atoms with Crippen LogP contribution >= 0.6 is 0 Å². The van der Waals surface area contributed by atoms with E-state index in [0.29, 0.717) is 29.6 Å². The Bertz CT molecular complexity index is 784. The van der Waals surface area contributed by atoms with Crippen molar-refractivity contribution in [3.8, 4) is 5.75 Å². The lowest BCUT2D eigenvalue weighted by Crippen LogP contribution is -2.65. The molecule has 2 unspecified atom stereocenters.